The summed E-state index contributed by atoms with van der Waals surface area (Å²) >= 11 is 0. The molecule has 0 spiro atoms. The maximum absolute atomic E-state index is 6.54. The Bertz CT molecular complexity index is 317. The van der Waals surface area contributed by atoms with Crippen LogP contribution in [0.3, 0.4) is 0 Å². The molecule has 0 bridgehead atoms. The molecular formula is C12H38N2O2Si5. The lowest BCUT2D eigenvalue weighted by Gasteiger charge is -2.42. The highest BCUT2D eigenvalue weighted by atomic mass is 28.5. The molecule has 0 aromatic rings. The number of rotatable bonds is 8. The summed E-state index contributed by atoms with van der Waals surface area (Å²) in [5.74, 6) is 0. The molecule has 21 heavy (non-hydrogen) atoms. The molecule has 0 aliphatic carbocycles. The first-order valence-electron chi connectivity index (χ1n) is 7.82. The number of nitrogens with one attached hydrogen (secondary N) is 2. The van der Waals surface area contributed by atoms with E-state index in [1.807, 2.05) is 0 Å². The van der Waals surface area contributed by atoms with E-state index < -0.39 is 42.0 Å². The molecule has 0 atom stereocenters. The Balaban J connectivity index is 4.83. The SMILES string of the molecule is C[Si](C)(C)N[Si](C)(C)O[Si](C)(C)O[Si](C)(C)N[Si](C)(C)C. The van der Waals surface area contributed by atoms with E-state index in [1.165, 1.54) is 0 Å². The van der Waals surface area contributed by atoms with E-state index in [0.29, 0.717) is 0 Å². The first-order chi connectivity index (χ1) is 8.83. The fraction of sp³-hybridized carbons (Fsp3) is 1.00. The molecule has 0 unspecified atom stereocenters. The van der Waals surface area contributed by atoms with Crippen LogP contribution in [0, 0.1) is 0 Å². The van der Waals surface area contributed by atoms with Crippen LogP contribution in [-0.2, 0) is 8.23 Å². The van der Waals surface area contributed by atoms with Crippen molar-refractivity contribution < 1.29 is 8.23 Å². The predicted molar refractivity (Wildman–Crippen MR) is 108 cm³/mol. The Kier molecular flexibility index (Phi) is 7.11. The second kappa shape index (κ2) is 6.81. The van der Waals surface area contributed by atoms with Crippen molar-refractivity contribution in [2.45, 2.75) is 78.6 Å². The lowest BCUT2D eigenvalue weighted by atomic mass is 11.8. The van der Waals surface area contributed by atoms with Gasteiger partial charge in [0, 0.05) is 0 Å². The van der Waals surface area contributed by atoms with E-state index in [4.69, 9.17) is 8.23 Å². The van der Waals surface area contributed by atoms with E-state index in [9.17, 15) is 0 Å². The molecule has 4 nitrogen and oxygen atoms in total. The second-order valence-electron chi connectivity index (χ2n) is 9.37. The molecule has 0 amide bonds. The maximum atomic E-state index is 6.54. The van der Waals surface area contributed by atoms with Gasteiger partial charge in [-0.25, -0.2) is 0 Å². The van der Waals surface area contributed by atoms with Crippen molar-refractivity contribution in [3.05, 3.63) is 0 Å². The minimum atomic E-state index is -2.13. The average molecular weight is 383 g/mol. The van der Waals surface area contributed by atoms with E-state index in [-0.39, 0.29) is 0 Å². The van der Waals surface area contributed by atoms with Crippen LogP contribution in [0.5, 0.6) is 0 Å². The summed E-state index contributed by atoms with van der Waals surface area (Å²) in [5.41, 5.74) is 0. The van der Waals surface area contributed by atoms with Crippen LogP contribution in [-0.4, -0.2) is 42.0 Å². The van der Waals surface area contributed by atoms with Gasteiger partial charge >= 0.3 is 8.56 Å². The lowest BCUT2D eigenvalue weighted by Crippen LogP contribution is -2.67. The Labute approximate surface area is 138 Å². The molecule has 0 aliphatic rings. The van der Waals surface area contributed by atoms with Gasteiger partial charge in [0.2, 0.25) is 17.0 Å². The van der Waals surface area contributed by atoms with Gasteiger partial charge in [-0.3, -0.25) is 0 Å². The Morgan fingerprint density at radius 1 is 0.476 bits per heavy atom. The molecule has 2 N–H and O–H groups in total. The van der Waals surface area contributed by atoms with Crippen LogP contribution >= 0.6 is 0 Å². The van der Waals surface area contributed by atoms with Crippen LogP contribution in [0.25, 0.3) is 0 Å². The van der Waals surface area contributed by atoms with Gasteiger partial charge in [0.1, 0.15) is 16.5 Å². The third-order valence-electron chi connectivity index (χ3n) is 2.35. The molecular weight excluding hydrogens is 345 g/mol. The van der Waals surface area contributed by atoms with Crippen molar-refractivity contribution in [3.8, 4) is 0 Å². The minimum Gasteiger partial charge on any atom is -0.425 e. The first-order valence-corrected chi connectivity index (χ1v) is 23.4. The summed E-state index contributed by atoms with van der Waals surface area (Å²) in [6, 6.07) is 0. The molecule has 0 aromatic heterocycles. The fourth-order valence-corrected chi connectivity index (χ4v) is 29.3. The summed E-state index contributed by atoms with van der Waals surface area (Å²) in [7, 11) is -8.55. The van der Waals surface area contributed by atoms with Gasteiger partial charge in [-0.05, 0) is 39.3 Å². The highest BCUT2D eigenvalue weighted by Gasteiger charge is 2.42. The zero-order chi connectivity index (χ0) is 17.3. The van der Waals surface area contributed by atoms with E-state index >= 15 is 0 Å². The smallest absolute Gasteiger partial charge is 0.312 e. The Morgan fingerprint density at radius 3 is 0.905 bits per heavy atom. The molecule has 128 valence electrons. The highest BCUT2D eigenvalue weighted by Crippen LogP contribution is 2.20. The summed E-state index contributed by atoms with van der Waals surface area (Å²) in [6.07, 6.45) is 0. The largest absolute Gasteiger partial charge is 0.425 e. The van der Waals surface area contributed by atoms with Crippen molar-refractivity contribution in [2.24, 2.45) is 0 Å². The molecule has 0 rings (SSSR count). The Hall–Kier alpha value is 0.924. The van der Waals surface area contributed by atoms with Gasteiger partial charge in [0.05, 0.1) is 0 Å². The van der Waals surface area contributed by atoms with Gasteiger partial charge in [0.25, 0.3) is 0 Å². The van der Waals surface area contributed by atoms with Crippen molar-refractivity contribution in [1.82, 2.24) is 9.30 Å². The van der Waals surface area contributed by atoms with Crippen LogP contribution < -0.4 is 9.30 Å². The van der Waals surface area contributed by atoms with Crippen LogP contribution in [0.4, 0.5) is 0 Å². The van der Waals surface area contributed by atoms with Crippen molar-refractivity contribution in [3.63, 3.8) is 0 Å². The Morgan fingerprint density at radius 2 is 0.714 bits per heavy atom. The minimum absolute atomic E-state index is 1.33. The van der Waals surface area contributed by atoms with Gasteiger partial charge in [-0.2, -0.15) is 0 Å². The molecule has 9 heteroatoms. The van der Waals surface area contributed by atoms with Crippen LogP contribution in [0.1, 0.15) is 0 Å². The first kappa shape index (κ1) is 21.9. The number of hydrogen-bond acceptors (Lipinski definition) is 4. The van der Waals surface area contributed by atoms with Gasteiger partial charge in [0.15, 0.2) is 0 Å². The topological polar surface area (TPSA) is 42.5 Å². The molecule has 0 saturated carbocycles. The van der Waals surface area contributed by atoms with E-state index in [2.05, 4.69) is 87.9 Å². The molecule has 0 aromatic carbocycles. The van der Waals surface area contributed by atoms with E-state index in [1.54, 1.807) is 0 Å². The van der Waals surface area contributed by atoms with Crippen molar-refractivity contribution in [1.29, 1.82) is 0 Å². The van der Waals surface area contributed by atoms with Gasteiger partial charge < -0.3 is 17.5 Å². The fourth-order valence-electron chi connectivity index (χ4n) is 3.11. The summed E-state index contributed by atoms with van der Waals surface area (Å²) in [5, 5.41) is 0. The monoisotopic (exact) mass is 382 g/mol. The lowest BCUT2D eigenvalue weighted by molar-refractivity contribution is 0.384. The zero-order valence-corrected chi connectivity index (χ0v) is 21.3. The molecule has 0 fully saturated rings. The summed E-state index contributed by atoms with van der Waals surface area (Å²) in [4.78, 5) is 0. The maximum Gasteiger partial charge on any atom is 0.312 e. The van der Waals surface area contributed by atoms with E-state index in [0.717, 1.165) is 0 Å². The standard InChI is InChI=1S/C12H38N2O2Si5/c1-17(2,3)13-19(7,8)15-21(11,12)16-20(9,10)14-18(4,5)6/h13-14H,1-12H3. The second-order valence-corrected chi connectivity index (χ2v) is 30.8. The summed E-state index contributed by atoms with van der Waals surface area (Å²) < 4.78 is 20.7. The predicted octanol–water partition coefficient (Wildman–Crippen LogP) is 3.97. The van der Waals surface area contributed by atoms with Gasteiger partial charge in [-0.15, -0.1) is 0 Å². The van der Waals surface area contributed by atoms with Crippen LogP contribution in [0.15, 0.2) is 0 Å². The molecule has 0 saturated heterocycles. The average Bonchev–Trinajstić information content (AvgIpc) is 1.83. The highest BCUT2D eigenvalue weighted by molar-refractivity contribution is 6.94. The summed E-state index contributed by atoms with van der Waals surface area (Å²) in [6.45, 7) is 27.3. The zero-order valence-electron chi connectivity index (χ0n) is 16.3. The normalized spacial score (nSPS) is 15.4. The quantitative estimate of drug-likeness (QED) is 0.623. The molecule has 0 aliphatic heterocycles. The molecule has 0 heterocycles. The molecule has 0 radical (unpaired) electrons. The third kappa shape index (κ3) is 12.1. The number of hydrogen-bond donors (Lipinski definition) is 2. The third-order valence-corrected chi connectivity index (χ3v) is 21.2. The van der Waals surface area contributed by atoms with Crippen molar-refractivity contribution >= 4 is 42.0 Å². The van der Waals surface area contributed by atoms with Crippen molar-refractivity contribution in [2.75, 3.05) is 0 Å². The van der Waals surface area contributed by atoms with Crippen LogP contribution in [0.2, 0.25) is 78.6 Å². The van der Waals surface area contributed by atoms with Gasteiger partial charge in [-0.1, -0.05) is 39.3 Å².